The molecule has 0 radical (unpaired) electrons. The molecule has 150 valence electrons. The third kappa shape index (κ3) is 4.48. The standard InChI is InChI=1S/C20H21F2N3O2.HI/c1-23-20(24-8-7-12-5-6-17-18(9-12)27-11-26-17)25-16-10-13(16)19-14(21)3-2-4-15(19)22;/h2-6,9,13,16H,7-8,10-11H2,1H3,(H2,23,24,25);1H. The highest BCUT2D eigenvalue weighted by atomic mass is 127. The van der Waals surface area contributed by atoms with Crippen molar-refractivity contribution in [1.29, 1.82) is 0 Å². The fourth-order valence-corrected chi connectivity index (χ4v) is 3.33. The number of ether oxygens (including phenoxy) is 2. The van der Waals surface area contributed by atoms with Crippen LogP contribution in [-0.2, 0) is 6.42 Å². The van der Waals surface area contributed by atoms with Gasteiger partial charge in [-0.1, -0.05) is 12.1 Å². The van der Waals surface area contributed by atoms with E-state index in [0.717, 1.165) is 23.5 Å². The van der Waals surface area contributed by atoms with Gasteiger partial charge in [0.05, 0.1) is 0 Å². The van der Waals surface area contributed by atoms with Crippen molar-refractivity contribution in [3.63, 3.8) is 0 Å². The molecule has 0 bridgehead atoms. The summed E-state index contributed by atoms with van der Waals surface area (Å²) in [5, 5.41) is 6.47. The van der Waals surface area contributed by atoms with E-state index in [2.05, 4.69) is 15.6 Å². The van der Waals surface area contributed by atoms with Crippen LogP contribution in [0.4, 0.5) is 8.78 Å². The molecular weight excluding hydrogens is 479 g/mol. The van der Waals surface area contributed by atoms with Gasteiger partial charge in [0.15, 0.2) is 17.5 Å². The summed E-state index contributed by atoms with van der Waals surface area (Å²) in [7, 11) is 1.68. The zero-order chi connectivity index (χ0) is 18.8. The maximum Gasteiger partial charge on any atom is 0.231 e. The Hall–Kier alpha value is -2.10. The van der Waals surface area contributed by atoms with Crippen molar-refractivity contribution in [2.24, 2.45) is 4.99 Å². The van der Waals surface area contributed by atoms with Crippen LogP contribution in [-0.4, -0.2) is 32.4 Å². The lowest BCUT2D eigenvalue weighted by Crippen LogP contribution is -2.40. The highest BCUT2D eigenvalue weighted by Gasteiger charge is 2.42. The first-order valence-corrected chi connectivity index (χ1v) is 8.95. The second-order valence-electron chi connectivity index (χ2n) is 6.66. The van der Waals surface area contributed by atoms with Gasteiger partial charge in [-0.05, 0) is 42.7 Å². The summed E-state index contributed by atoms with van der Waals surface area (Å²) in [4.78, 5) is 4.19. The van der Waals surface area contributed by atoms with E-state index < -0.39 is 11.6 Å². The molecule has 4 rings (SSSR count). The predicted octanol–water partition coefficient (Wildman–Crippen LogP) is 3.58. The Labute approximate surface area is 179 Å². The monoisotopic (exact) mass is 501 g/mol. The molecule has 0 spiro atoms. The molecule has 2 unspecified atom stereocenters. The molecule has 28 heavy (non-hydrogen) atoms. The topological polar surface area (TPSA) is 54.9 Å². The van der Waals surface area contributed by atoms with Crippen molar-refractivity contribution >= 4 is 29.9 Å². The number of aliphatic imine (C=N–C) groups is 1. The van der Waals surface area contributed by atoms with Crippen molar-refractivity contribution in [2.75, 3.05) is 20.4 Å². The third-order valence-electron chi connectivity index (χ3n) is 4.85. The molecule has 1 heterocycles. The minimum absolute atomic E-state index is 0. The number of hydrogen-bond acceptors (Lipinski definition) is 3. The Bertz CT molecular complexity index is 858. The van der Waals surface area contributed by atoms with Gasteiger partial charge in [-0.15, -0.1) is 24.0 Å². The summed E-state index contributed by atoms with van der Waals surface area (Å²) in [6.07, 6.45) is 1.47. The number of benzene rings is 2. The summed E-state index contributed by atoms with van der Waals surface area (Å²) < 4.78 is 38.5. The molecule has 0 amide bonds. The van der Waals surface area contributed by atoms with Crippen LogP contribution in [0.25, 0.3) is 0 Å². The molecule has 1 fully saturated rings. The number of halogens is 3. The molecule has 2 aliphatic rings. The Morgan fingerprint density at radius 1 is 1.14 bits per heavy atom. The van der Waals surface area contributed by atoms with E-state index in [0.29, 0.717) is 18.9 Å². The fourth-order valence-electron chi connectivity index (χ4n) is 3.33. The minimum Gasteiger partial charge on any atom is -0.454 e. The highest BCUT2D eigenvalue weighted by Crippen LogP contribution is 2.43. The van der Waals surface area contributed by atoms with Gasteiger partial charge < -0.3 is 20.1 Å². The van der Waals surface area contributed by atoms with Crippen LogP contribution in [0.1, 0.15) is 23.5 Å². The number of rotatable bonds is 5. The Balaban J connectivity index is 0.00000225. The maximum absolute atomic E-state index is 13.9. The van der Waals surface area contributed by atoms with Crippen molar-refractivity contribution in [3.05, 3.63) is 59.2 Å². The van der Waals surface area contributed by atoms with Crippen molar-refractivity contribution in [1.82, 2.24) is 10.6 Å². The van der Waals surface area contributed by atoms with E-state index in [1.165, 1.54) is 18.2 Å². The van der Waals surface area contributed by atoms with Gasteiger partial charge >= 0.3 is 0 Å². The summed E-state index contributed by atoms with van der Waals surface area (Å²) in [6, 6.07) is 9.84. The normalized spacial score (nSPS) is 19.8. The zero-order valence-corrected chi connectivity index (χ0v) is 17.7. The number of nitrogens with zero attached hydrogens (tertiary/aromatic N) is 1. The highest BCUT2D eigenvalue weighted by molar-refractivity contribution is 14.0. The molecule has 1 aliphatic heterocycles. The largest absolute Gasteiger partial charge is 0.454 e. The number of nitrogens with one attached hydrogen (secondary N) is 2. The smallest absolute Gasteiger partial charge is 0.231 e. The predicted molar refractivity (Wildman–Crippen MR) is 114 cm³/mol. The van der Waals surface area contributed by atoms with Gasteiger partial charge in [0, 0.05) is 31.1 Å². The van der Waals surface area contributed by atoms with Gasteiger partial charge in [0.1, 0.15) is 11.6 Å². The van der Waals surface area contributed by atoms with Crippen molar-refractivity contribution in [2.45, 2.75) is 24.8 Å². The molecule has 2 aromatic rings. The van der Waals surface area contributed by atoms with E-state index in [9.17, 15) is 8.78 Å². The summed E-state index contributed by atoms with van der Waals surface area (Å²) in [5.41, 5.74) is 1.28. The second kappa shape index (κ2) is 8.93. The lowest BCUT2D eigenvalue weighted by molar-refractivity contribution is 0.174. The average Bonchev–Trinajstić information content (AvgIpc) is 3.23. The van der Waals surface area contributed by atoms with E-state index in [4.69, 9.17) is 9.47 Å². The quantitative estimate of drug-likeness (QED) is 0.374. The van der Waals surface area contributed by atoms with Crippen LogP contribution >= 0.6 is 24.0 Å². The first-order valence-electron chi connectivity index (χ1n) is 8.95. The second-order valence-corrected chi connectivity index (χ2v) is 6.66. The van der Waals surface area contributed by atoms with Gasteiger partial charge in [0.25, 0.3) is 0 Å². The van der Waals surface area contributed by atoms with Crippen LogP contribution in [0.3, 0.4) is 0 Å². The van der Waals surface area contributed by atoms with Gasteiger partial charge in [-0.3, -0.25) is 4.99 Å². The molecule has 2 atom stereocenters. The number of guanidine groups is 1. The summed E-state index contributed by atoms with van der Waals surface area (Å²) >= 11 is 0. The van der Waals surface area contributed by atoms with Crippen LogP contribution in [0, 0.1) is 11.6 Å². The SMILES string of the molecule is CN=C(NCCc1ccc2c(c1)OCO2)NC1CC1c1c(F)cccc1F.I. The molecule has 0 saturated heterocycles. The average molecular weight is 501 g/mol. The molecule has 2 N–H and O–H groups in total. The molecular formula is C20H22F2IN3O2. The van der Waals surface area contributed by atoms with E-state index in [1.54, 1.807) is 7.05 Å². The van der Waals surface area contributed by atoms with Crippen molar-refractivity contribution in [3.8, 4) is 11.5 Å². The molecule has 8 heteroatoms. The molecule has 2 aromatic carbocycles. The third-order valence-corrected chi connectivity index (χ3v) is 4.85. The first kappa shape index (κ1) is 20.6. The van der Waals surface area contributed by atoms with Crippen LogP contribution in [0.2, 0.25) is 0 Å². The van der Waals surface area contributed by atoms with Crippen molar-refractivity contribution < 1.29 is 18.3 Å². The van der Waals surface area contributed by atoms with Crippen LogP contribution in [0.5, 0.6) is 11.5 Å². The van der Waals surface area contributed by atoms with E-state index in [-0.39, 0.29) is 48.3 Å². The molecule has 1 saturated carbocycles. The first-order chi connectivity index (χ1) is 13.2. The lowest BCUT2D eigenvalue weighted by atomic mass is 10.1. The fraction of sp³-hybridized carbons (Fsp3) is 0.350. The van der Waals surface area contributed by atoms with E-state index >= 15 is 0 Å². The maximum atomic E-state index is 13.9. The van der Waals surface area contributed by atoms with Crippen LogP contribution < -0.4 is 20.1 Å². The summed E-state index contributed by atoms with van der Waals surface area (Å²) in [6.45, 7) is 0.934. The molecule has 0 aromatic heterocycles. The lowest BCUT2D eigenvalue weighted by Gasteiger charge is -2.12. The Kier molecular flexibility index (Phi) is 6.58. The van der Waals surface area contributed by atoms with Gasteiger partial charge in [-0.2, -0.15) is 0 Å². The van der Waals surface area contributed by atoms with Gasteiger partial charge in [-0.25, -0.2) is 8.78 Å². The Morgan fingerprint density at radius 2 is 1.89 bits per heavy atom. The molecule has 1 aliphatic carbocycles. The summed E-state index contributed by atoms with van der Waals surface area (Å²) in [5.74, 6) is 1.01. The van der Waals surface area contributed by atoms with Crippen LogP contribution in [0.15, 0.2) is 41.4 Å². The molecule has 5 nitrogen and oxygen atoms in total. The minimum atomic E-state index is -0.491. The number of hydrogen-bond donors (Lipinski definition) is 2. The zero-order valence-electron chi connectivity index (χ0n) is 15.4. The van der Waals surface area contributed by atoms with E-state index in [1.807, 2.05) is 18.2 Å². The number of fused-ring (bicyclic) bond motifs is 1. The Morgan fingerprint density at radius 3 is 2.64 bits per heavy atom. The van der Waals surface area contributed by atoms with Gasteiger partial charge in [0.2, 0.25) is 6.79 Å².